The maximum Gasteiger partial charge on any atom is 0.134 e. The molecule has 0 amide bonds. The van der Waals surface area contributed by atoms with E-state index in [-0.39, 0.29) is 0 Å². The van der Waals surface area contributed by atoms with E-state index < -0.39 is 0 Å². The molecule has 0 saturated heterocycles. The Morgan fingerprint density at radius 2 is 2.18 bits per heavy atom. The molecule has 0 radical (unpaired) electrons. The Labute approximate surface area is 104 Å². The van der Waals surface area contributed by atoms with E-state index >= 15 is 0 Å². The van der Waals surface area contributed by atoms with Gasteiger partial charge in [-0.25, -0.2) is 9.97 Å². The van der Waals surface area contributed by atoms with Crippen molar-refractivity contribution in [1.29, 1.82) is 0 Å². The molecule has 5 heteroatoms. The summed E-state index contributed by atoms with van der Waals surface area (Å²) in [6.45, 7) is 3.45. The summed E-state index contributed by atoms with van der Waals surface area (Å²) in [6.07, 6.45) is 1.82. The molecule has 0 aromatic carbocycles. The Kier molecular flexibility index (Phi) is 2.44. The first kappa shape index (κ1) is 10.5. The van der Waals surface area contributed by atoms with E-state index in [4.69, 9.17) is 11.6 Å². The van der Waals surface area contributed by atoms with Gasteiger partial charge in [-0.1, -0.05) is 17.7 Å². The monoisotopic (exact) mass is 246 g/mol. The minimum atomic E-state index is 0.483. The number of anilines is 1. The van der Waals surface area contributed by atoms with Crippen molar-refractivity contribution in [3.8, 4) is 0 Å². The van der Waals surface area contributed by atoms with Crippen LogP contribution in [0.25, 0.3) is 0 Å². The first-order valence-corrected chi connectivity index (χ1v) is 5.79. The summed E-state index contributed by atoms with van der Waals surface area (Å²) < 4.78 is 0. The highest BCUT2D eigenvalue weighted by atomic mass is 35.5. The van der Waals surface area contributed by atoms with Crippen LogP contribution in [0.3, 0.4) is 0 Å². The van der Waals surface area contributed by atoms with Gasteiger partial charge in [0.15, 0.2) is 0 Å². The summed E-state index contributed by atoms with van der Waals surface area (Å²) in [6, 6.07) is 5.85. The Balaban J connectivity index is 1.93. The minimum Gasteiger partial charge on any atom is -0.346 e. The number of nitrogens with zero attached hydrogens (tertiary/aromatic N) is 4. The van der Waals surface area contributed by atoms with E-state index in [1.807, 2.05) is 19.2 Å². The molecule has 3 heterocycles. The average Bonchev–Trinajstić information content (AvgIpc) is 2.71. The molecule has 0 spiro atoms. The van der Waals surface area contributed by atoms with Crippen molar-refractivity contribution in [2.75, 3.05) is 4.90 Å². The molecular weight excluding hydrogens is 236 g/mol. The number of halogens is 1. The topological polar surface area (TPSA) is 41.9 Å². The summed E-state index contributed by atoms with van der Waals surface area (Å²) >= 11 is 5.95. The lowest BCUT2D eigenvalue weighted by Gasteiger charge is -2.16. The number of aromatic nitrogens is 3. The van der Waals surface area contributed by atoms with E-state index in [1.165, 1.54) is 5.56 Å². The molecule has 4 nitrogen and oxygen atoms in total. The molecule has 2 aromatic heterocycles. The van der Waals surface area contributed by atoms with Gasteiger partial charge in [-0.05, 0) is 18.6 Å². The third-order valence-electron chi connectivity index (χ3n) is 2.80. The van der Waals surface area contributed by atoms with E-state index in [2.05, 4.69) is 25.9 Å². The predicted octanol–water partition coefficient (Wildman–Crippen LogP) is 2.35. The number of pyridine rings is 1. The van der Waals surface area contributed by atoms with E-state index in [9.17, 15) is 0 Å². The fraction of sp³-hybridized carbons (Fsp3) is 0.250. The van der Waals surface area contributed by atoms with Crippen LogP contribution in [-0.2, 0) is 13.1 Å². The first-order chi connectivity index (χ1) is 8.22. The van der Waals surface area contributed by atoms with Crippen LogP contribution in [-0.4, -0.2) is 15.0 Å². The molecule has 0 bridgehead atoms. The maximum atomic E-state index is 5.95. The van der Waals surface area contributed by atoms with Crippen LogP contribution in [0, 0.1) is 6.92 Å². The van der Waals surface area contributed by atoms with Crippen LogP contribution in [0.2, 0.25) is 5.15 Å². The Morgan fingerprint density at radius 3 is 2.94 bits per heavy atom. The lowest BCUT2D eigenvalue weighted by Crippen LogP contribution is -2.16. The summed E-state index contributed by atoms with van der Waals surface area (Å²) in [4.78, 5) is 15.0. The molecule has 86 valence electrons. The number of hydrogen-bond acceptors (Lipinski definition) is 4. The van der Waals surface area contributed by atoms with Crippen molar-refractivity contribution in [2.45, 2.75) is 20.0 Å². The number of hydrogen-bond donors (Lipinski definition) is 0. The zero-order valence-corrected chi connectivity index (χ0v) is 10.1. The van der Waals surface area contributed by atoms with Gasteiger partial charge in [0.05, 0.1) is 12.2 Å². The van der Waals surface area contributed by atoms with Gasteiger partial charge in [0.2, 0.25) is 0 Å². The van der Waals surface area contributed by atoms with Gasteiger partial charge >= 0.3 is 0 Å². The van der Waals surface area contributed by atoms with Crippen LogP contribution in [0.15, 0.2) is 24.4 Å². The Hall–Kier alpha value is -1.68. The summed E-state index contributed by atoms with van der Waals surface area (Å²) in [7, 11) is 0. The SMILES string of the molecule is Cc1nc(Cl)cc(N2Cc3cccnc3C2)n1. The molecule has 17 heavy (non-hydrogen) atoms. The molecule has 0 aliphatic carbocycles. The van der Waals surface area contributed by atoms with Gasteiger partial charge < -0.3 is 4.90 Å². The second-order valence-electron chi connectivity index (χ2n) is 4.06. The van der Waals surface area contributed by atoms with Crippen molar-refractivity contribution in [3.05, 3.63) is 46.6 Å². The third-order valence-corrected chi connectivity index (χ3v) is 3.00. The highest BCUT2D eigenvalue weighted by Crippen LogP contribution is 2.26. The highest BCUT2D eigenvalue weighted by Gasteiger charge is 2.21. The summed E-state index contributed by atoms with van der Waals surface area (Å²) in [5, 5.41) is 0.483. The van der Waals surface area contributed by atoms with Crippen molar-refractivity contribution in [1.82, 2.24) is 15.0 Å². The molecule has 0 saturated carbocycles. The smallest absolute Gasteiger partial charge is 0.134 e. The van der Waals surface area contributed by atoms with Crippen LogP contribution >= 0.6 is 11.6 Å². The highest BCUT2D eigenvalue weighted by molar-refractivity contribution is 6.29. The largest absolute Gasteiger partial charge is 0.346 e. The Morgan fingerprint density at radius 1 is 1.29 bits per heavy atom. The van der Waals surface area contributed by atoms with Gasteiger partial charge in [-0.2, -0.15) is 0 Å². The molecule has 0 unspecified atom stereocenters. The van der Waals surface area contributed by atoms with Crippen LogP contribution in [0.4, 0.5) is 5.82 Å². The number of fused-ring (bicyclic) bond motifs is 1. The molecule has 0 N–H and O–H groups in total. The number of rotatable bonds is 1. The molecule has 3 rings (SSSR count). The van der Waals surface area contributed by atoms with Gasteiger partial charge in [-0.15, -0.1) is 0 Å². The van der Waals surface area contributed by atoms with Crippen molar-refractivity contribution >= 4 is 17.4 Å². The van der Waals surface area contributed by atoms with Gasteiger partial charge in [-0.3, -0.25) is 4.98 Å². The third kappa shape index (κ3) is 1.96. The maximum absolute atomic E-state index is 5.95. The fourth-order valence-electron chi connectivity index (χ4n) is 2.04. The van der Waals surface area contributed by atoms with Crippen molar-refractivity contribution in [2.24, 2.45) is 0 Å². The molecule has 1 aliphatic rings. The van der Waals surface area contributed by atoms with Crippen molar-refractivity contribution in [3.63, 3.8) is 0 Å². The molecule has 0 atom stereocenters. The zero-order chi connectivity index (χ0) is 11.8. The minimum absolute atomic E-state index is 0.483. The Bertz CT molecular complexity index is 525. The van der Waals surface area contributed by atoms with Gasteiger partial charge in [0.25, 0.3) is 0 Å². The van der Waals surface area contributed by atoms with Crippen molar-refractivity contribution < 1.29 is 0 Å². The number of aryl methyl sites for hydroxylation is 1. The van der Waals surface area contributed by atoms with E-state index in [0.717, 1.165) is 24.6 Å². The normalized spacial score (nSPS) is 13.9. The molecule has 1 aliphatic heterocycles. The van der Waals surface area contributed by atoms with Crippen LogP contribution < -0.4 is 4.90 Å². The summed E-state index contributed by atoms with van der Waals surface area (Å²) in [5.41, 5.74) is 2.36. The van der Waals surface area contributed by atoms with E-state index in [0.29, 0.717) is 11.0 Å². The lowest BCUT2D eigenvalue weighted by molar-refractivity contribution is 0.835. The quantitative estimate of drug-likeness (QED) is 0.725. The second kappa shape index (κ2) is 3.96. The fourth-order valence-corrected chi connectivity index (χ4v) is 2.26. The van der Waals surface area contributed by atoms with Crippen LogP contribution in [0.1, 0.15) is 17.1 Å². The second-order valence-corrected chi connectivity index (χ2v) is 4.45. The van der Waals surface area contributed by atoms with Gasteiger partial charge in [0.1, 0.15) is 16.8 Å². The molecular formula is C12H11ClN4. The van der Waals surface area contributed by atoms with Gasteiger partial charge in [0, 0.05) is 18.8 Å². The first-order valence-electron chi connectivity index (χ1n) is 5.41. The molecule has 0 fully saturated rings. The average molecular weight is 247 g/mol. The lowest BCUT2D eigenvalue weighted by atomic mass is 10.2. The zero-order valence-electron chi connectivity index (χ0n) is 9.39. The predicted molar refractivity (Wildman–Crippen MR) is 65.9 cm³/mol. The standard InChI is InChI=1S/C12H11ClN4/c1-8-15-11(13)5-12(16-8)17-6-9-3-2-4-14-10(9)7-17/h2-5H,6-7H2,1H3. The van der Waals surface area contributed by atoms with Crippen LogP contribution in [0.5, 0.6) is 0 Å². The molecule has 2 aromatic rings. The summed E-state index contributed by atoms with van der Waals surface area (Å²) in [5.74, 6) is 1.55. The van der Waals surface area contributed by atoms with E-state index in [1.54, 1.807) is 6.07 Å².